The first-order valence-corrected chi connectivity index (χ1v) is 10.9. The topological polar surface area (TPSA) is 89.3 Å². The Hall–Kier alpha value is -2.90. The van der Waals surface area contributed by atoms with E-state index in [-0.39, 0.29) is 29.7 Å². The number of aromatic nitrogens is 3. The van der Waals surface area contributed by atoms with Crippen LogP contribution in [0.5, 0.6) is 5.75 Å². The molecule has 0 aliphatic carbocycles. The molecule has 1 N–H and O–H groups in total. The summed E-state index contributed by atoms with van der Waals surface area (Å²) < 4.78 is 7.22. The molecular formula is C23H33N5O3. The lowest BCUT2D eigenvalue weighted by Gasteiger charge is -2.36. The summed E-state index contributed by atoms with van der Waals surface area (Å²) >= 11 is 0. The summed E-state index contributed by atoms with van der Waals surface area (Å²) in [5.41, 5.74) is 0.501. The van der Waals surface area contributed by atoms with Gasteiger partial charge in [0.1, 0.15) is 23.9 Å². The van der Waals surface area contributed by atoms with Crippen LogP contribution in [0.2, 0.25) is 0 Å². The number of rotatable bonds is 7. The molecule has 0 spiro atoms. The van der Waals surface area contributed by atoms with Crippen molar-refractivity contribution >= 4 is 11.8 Å². The Morgan fingerprint density at radius 3 is 2.48 bits per heavy atom. The lowest BCUT2D eigenvalue weighted by atomic mass is 9.94. The summed E-state index contributed by atoms with van der Waals surface area (Å²) in [5, 5.41) is 11.4. The van der Waals surface area contributed by atoms with Crippen molar-refractivity contribution in [1.29, 1.82) is 0 Å². The molecule has 8 heteroatoms. The number of piperidine rings is 1. The Labute approximate surface area is 184 Å². The minimum atomic E-state index is -0.587. The van der Waals surface area contributed by atoms with E-state index in [4.69, 9.17) is 4.74 Å². The molecule has 168 valence electrons. The Balaban J connectivity index is 1.71. The largest absolute Gasteiger partial charge is 0.497 e. The van der Waals surface area contributed by atoms with Crippen molar-refractivity contribution in [2.75, 3.05) is 20.2 Å². The fourth-order valence-electron chi connectivity index (χ4n) is 4.01. The fraction of sp³-hybridized carbons (Fsp3) is 0.565. The van der Waals surface area contributed by atoms with E-state index in [1.165, 1.54) is 0 Å². The predicted octanol–water partition coefficient (Wildman–Crippen LogP) is 3.03. The van der Waals surface area contributed by atoms with Gasteiger partial charge < -0.3 is 19.5 Å². The van der Waals surface area contributed by atoms with Gasteiger partial charge in [-0.25, -0.2) is 0 Å². The summed E-state index contributed by atoms with van der Waals surface area (Å²) in [7, 11) is 1.58. The van der Waals surface area contributed by atoms with E-state index < -0.39 is 6.04 Å². The van der Waals surface area contributed by atoms with Gasteiger partial charge in [-0.15, -0.1) is 10.2 Å². The molecule has 0 bridgehead atoms. The summed E-state index contributed by atoms with van der Waals surface area (Å²) in [4.78, 5) is 28.0. The maximum Gasteiger partial charge on any atom is 0.251 e. The fourth-order valence-corrected chi connectivity index (χ4v) is 4.01. The van der Waals surface area contributed by atoms with Gasteiger partial charge in [0.2, 0.25) is 5.91 Å². The van der Waals surface area contributed by atoms with E-state index in [0.717, 1.165) is 18.7 Å². The number of benzene rings is 1. The molecule has 2 unspecified atom stereocenters. The highest BCUT2D eigenvalue weighted by molar-refractivity contribution is 5.97. The van der Waals surface area contributed by atoms with Crippen LogP contribution in [0, 0.1) is 5.92 Å². The average Bonchev–Trinajstić information content (AvgIpc) is 3.27. The minimum absolute atomic E-state index is 0.0330. The van der Waals surface area contributed by atoms with Gasteiger partial charge in [0.15, 0.2) is 0 Å². The maximum atomic E-state index is 13.4. The van der Waals surface area contributed by atoms with E-state index >= 15 is 0 Å². The number of methoxy groups -OCH3 is 1. The van der Waals surface area contributed by atoms with Gasteiger partial charge in [0, 0.05) is 30.6 Å². The molecule has 1 aromatic carbocycles. The van der Waals surface area contributed by atoms with Crippen LogP contribution in [0.15, 0.2) is 30.6 Å². The van der Waals surface area contributed by atoms with Gasteiger partial charge in [-0.3, -0.25) is 9.59 Å². The molecule has 2 aromatic rings. The molecule has 2 atom stereocenters. The zero-order chi connectivity index (χ0) is 22.5. The van der Waals surface area contributed by atoms with Crippen LogP contribution in [-0.4, -0.2) is 57.7 Å². The SMILES string of the molecule is COc1ccc(C(=O)NC(C(=O)N2CCCC(c3nncn3C(C)C)C2)C(C)C)cc1. The summed E-state index contributed by atoms with van der Waals surface area (Å²) in [6, 6.07) is 6.56. The van der Waals surface area contributed by atoms with Crippen molar-refractivity contribution in [3.8, 4) is 5.75 Å². The Bertz CT molecular complexity index is 891. The van der Waals surface area contributed by atoms with Gasteiger partial charge in [-0.05, 0) is 56.9 Å². The van der Waals surface area contributed by atoms with Gasteiger partial charge >= 0.3 is 0 Å². The quantitative estimate of drug-likeness (QED) is 0.734. The number of hydrogen-bond donors (Lipinski definition) is 1. The molecule has 1 saturated heterocycles. The third kappa shape index (κ3) is 5.24. The molecule has 2 amide bonds. The van der Waals surface area contributed by atoms with Crippen LogP contribution in [0.25, 0.3) is 0 Å². The molecule has 1 aliphatic heterocycles. The smallest absolute Gasteiger partial charge is 0.251 e. The molecule has 31 heavy (non-hydrogen) atoms. The molecule has 1 fully saturated rings. The third-order valence-corrected chi connectivity index (χ3v) is 5.83. The molecule has 2 heterocycles. The van der Waals surface area contributed by atoms with Crippen LogP contribution in [0.4, 0.5) is 0 Å². The molecule has 3 rings (SSSR count). The molecule has 0 radical (unpaired) electrons. The number of carbonyl (C=O) groups is 2. The highest BCUT2D eigenvalue weighted by Crippen LogP contribution is 2.28. The number of nitrogens with zero attached hydrogens (tertiary/aromatic N) is 4. The van der Waals surface area contributed by atoms with Gasteiger partial charge in [0.05, 0.1) is 7.11 Å². The first kappa shape index (κ1) is 22.8. The highest BCUT2D eigenvalue weighted by Gasteiger charge is 2.34. The first-order chi connectivity index (χ1) is 14.8. The lowest BCUT2D eigenvalue weighted by molar-refractivity contribution is -0.135. The molecule has 8 nitrogen and oxygen atoms in total. The van der Waals surface area contributed by atoms with Gasteiger partial charge in [-0.2, -0.15) is 0 Å². The van der Waals surface area contributed by atoms with E-state index in [1.807, 2.05) is 18.7 Å². The summed E-state index contributed by atoms with van der Waals surface area (Å²) in [6.07, 6.45) is 3.63. The third-order valence-electron chi connectivity index (χ3n) is 5.83. The number of carbonyl (C=O) groups excluding carboxylic acids is 2. The summed E-state index contributed by atoms with van der Waals surface area (Å²) in [6.45, 7) is 9.38. The van der Waals surface area contributed by atoms with Crippen LogP contribution in [-0.2, 0) is 4.79 Å². The van der Waals surface area contributed by atoms with E-state index in [1.54, 1.807) is 37.7 Å². The Kier molecular flexibility index (Phi) is 7.30. The van der Waals surface area contributed by atoms with Crippen LogP contribution in [0.3, 0.4) is 0 Å². The van der Waals surface area contributed by atoms with E-state index in [0.29, 0.717) is 24.4 Å². The van der Waals surface area contributed by atoms with E-state index in [9.17, 15) is 9.59 Å². The molecule has 1 aliphatic rings. The summed E-state index contributed by atoms with van der Waals surface area (Å²) in [5.74, 6) is 1.42. The normalized spacial score (nSPS) is 17.6. The first-order valence-electron chi connectivity index (χ1n) is 10.9. The zero-order valence-electron chi connectivity index (χ0n) is 19.0. The van der Waals surface area contributed by atoms with E-state index in [2.05, 4.69) is 33.9 Å². The lowest BCUT2D eigenvalue weighted by Crippen LogP contribution is -2.53. The van der Waals surface area contributed by atoms with Crippen molar-refractivity contribution in [3.63, 3.8) is 0 Å². The van der Waals surface area contributed by atoms with Crippen LogP contribution < -0.4 is 10.1 Å². The molecule has 1 aromatic heterocycles. The van der Waals surface area contributed by atoms with Gasteiger partial charge in [-0.1, -0.05) is 13.8 Å². The number of ether oxygens (including phenoxy) is 1. The van der Waals surface area contributed by atoms with Crippen LogP contribution >= 0.6 is 0 Å². The monoisotopic (exact) mass is 427 g/mol. The minimum Gasteiger partial charge on any atom is -0.497 e. The van der Waals surface area contributed by atoms with Crippen LogP contribution in [0.1, 0.15) is 68.7 Å². The van der Waals surface area contributed by atoms with Crippen molar-refractivity contribution < 1.29 is 14.3 Å². The van der Waals surface area contributed by atoms with Gasteiger partial charge in [0.25, 0.3) is 5.91 Å². The Morgan fingerprint density at radius 2 is 1.87 bits per heavy atom. The van der Waals surface area contributed by atoms with Crippen molar-refractivity contribution in [2.45, 2.75) is 58.5 Å². The second-order valence-corrected chi connectivity index (χ2v) is 8.74. The van der Waals surface area contributed by atoms with Crippen molar-refractivity contribution in [2.24, 2.45) is 5.92 Å². The number of likely N-dealkylation sites (tertiary alicyclic amines) is 1. The second-order valence-electron chi connectivity index (χ2n) is 8.74. The number of nitrogens with one attached hydrogen (secondary N) is 1. The predicted molar refractivity (Wildman–Crippen MR) is 118 cm³/mol. The second kappa shape index (κ2) is 9.94. The van der Waals surface area contributed by atoms with Crippen molar-refractivity contribution in [3.05, 3.63) is 42.0 Å². The number of hydrogen-bond acceptors (Lipinski definition) is 5. The maximum absolute atomic E-state index is 13.4. The standard InChI is InChI=1S/C23H33N5O3/c1-15(2)20(25-22(29)17-8-10-19(31-5)11-9-17)23(30)27-12-6-7-18(13-27)21-26-24-14-28(21)16(3)4/h8-11,14-16,18,20H,6-7,12-13H2,1-5H3,(H,25,29). The number of amides is 2. The average molecular weight is 428 g/mol. The molecule has 0 saturated carbocycles. The zero-order valence-corrected chi connectivity index (χ0v) is 19.0. The van der Waals surface area contributed by atoms with Crippen molar-refractivity contribution in [1.82, 2.24) is 25.0 Å². The molecular weight excluding hydrogens is 394 g/mol. The Morgan fingerprint density at radius 1 is 1.16 bits per heavy atom. The highest BCUT2D eigenvalue weighted by atomic mass is 16.5.